The summed E-state index contributed by atoms with van der Waals surface area (Å²) in [6.45, 7) is 4.31. The molecule has 2 rings (SSSR count). The van der Waals surface area contributed by atoms with Gasteiger partial charge in [0.2, 0.25) is 0 Å². The van der Waals surface area contributed by atoms with Gasteiger partial charge in [0, 0.05) is 11.4 Å². The zero-order valence-electron chi connectivity index (χ0n) is 13.4. The predicted octanol–water partition coefficient (Wildman–Crippen LogP) is 2.44. The summed E-state index contributed by atoms with van der Waals surface area (Å²) in [6, 6.07) is 11.3. The SMILES string of the molecule is CC(=NOCCCc1cccc(C(=N)N)n1)c1cccc(C)n1. The monoisotopic (exact) mass is 311 g/mol. The molecule has 2 aromatic heterocycles. The van der Waals surface area contributed by atoms with Crippen molar-refractivity contribution in [2.24, 2.45) is 10.9 Å². The van der Waals surface area contributed by atoms with Gasteiger partial charge in [0.1, 0.15) is 23.8 Å². The number of nitrogen functional groups attached to an aromatic ring is 1. The molecule has 0 aliphatic rings. The van der Waals surface area contributed by atoms with E-state index in [1.165, 1.54) is 0 Å². The predicted molar refractivity (Wildman–Crippen MR) is 90.7 cm³/mol. The van der Waals surface area contributed by atoms with E-state index < -0.39 is 0 Å². The van der Waals surface area contributed by atoms with Crippen LogP contribution in [0.5, 0.6) is 0 Å². The Bertz CT molecular complexity index is 712. The van der Waals surface area contributed by atoms with Crippen molar-refractivity contribution in [3.63, 3.8) is 0 Å². The molecule has 2 aromatic rings. The van der Waals surface area contributed by atoms with E-state index in [0.717, 1.165) is 35.6 Å². The highest BCUT2D eigenvalue weighted by molar-refractivity contribution is 5.96. The Morgan fingerprint density at radius 1 is 1.17 bits per heavy atom. The number of hydrogen-bond acceptors (Lipinski definition) is 5. The first kappa shape index (κ1) is 16.6. The quantitative estimate of drug-likeness (QED) is 0.355. The average Bonchev–Trinajstić information content (AvgIpc) is 2.54. The standard InChI is InChI=1S/C17H21N5O/c1-12-6-3-9-15(20-12)13(2)22-23-11-5-8-14-7-4-10-16(21-14)17(18)19/h3-4,6-7,9-10H,5,8,11H2,1-2H3,(H3,18,19). The molecule has 120 valence electrons. The largest absolute Gasteiger partial charge is 0.396 e. The molecule has 0 amide bonds. The number of oxime groups is 1. The van der Waals surface area contributed by atoms with Gasteiger partial charge in [0.15, 0.2) is 0 Å². The van der Waals surface area contributed by atoms with Crippen LogP contribution in [0.25, 0.3) is 0 Å². The molecule has 2 heterocycles. The molecule has 0 spiro atoms. The van der Waals surface area contributed by atoms with Gasteiger partial charge in [0.05, 0.1) is 5.69 Å². The van der Waals surface area contributed by atoms with E-state index in [1.54, 1.807) is 6.07 Å². The van der Waals surface area contributed by atoms with Gasteiger partial charge in [-0.3, -0.25) is 10.4 Å². The number of aryl methyl sites for hydroxylation is 2. The number of nitrogens with one attached hydrogen (secondary N) is 1. The van der Waals surface area contributed by atoms with E-state index in [-0.39, 0.29) is 5.84 Å². The minimum atomic E-state index is -0.0195. The minimum Gasteiger partial charge on any atom is -0.396 e. The van der Waals surface area contributed by atoms with E-state index in [2.05, 4.69) is 15.1 Å². The normalized spacial score (nSPS) is 11.3. The van der Waals surface area contributed by atoms with Crippen molar-refractivity contribution in [1.82, 2.24) is 9.97 Å². The lowest BCUT2D eigenvalue weighted by molar-refractivity contribution is 0.141. The highest BCUT2D eigenvalue weighted by atomic mass is 16.6. The topological polar surface area (TPSA) is 97.2 Å². The first-order valence-corrected chi connectivity index (χ1v) is 7.47. The number of aromatic nitrogens is 2. The molecular formula is C17H21N5O. The van der Waals surface area contributed by atoms with E-state index >= 15 is 0 Å². The maximum Gasteiger partial charge on any atom is 0.141 e. The minimum absolute atomic E-state index is 0.0195. The number of amidine groups is 1. The molecule has 0 aliphatic carbocycles. The van der Waals surface area contributed by atoms with Crippen molar-refractivity contribution in [2.75, 3.05) is 6.61 Å². The smallest absolute Gasteiger partial charge is 0.141 e. The molecule has 6 nitrogen and oxygen atoms in total. The Morgan fingerprint density at radius 2 is 1.91 bits per heavy atom. The molecule has 0 fully saturated rings. The summed E-state index contributed by atoms with van der Waals surface area (Å²) < 4.78 is 0. The van der Waals surface area contributed by atoms with Crippen LogP contribution in [0.4, 0.5) is 0 Å². The lowest BCUT2D eigenvalue weighted by Gasteiger charge is -2.04. The molecule has 23 heavy (non-hydrogen) atoms. The fourth-order valence-electron chi connectivity index (χ4n) is 2.02. The highest BCUT2D eigenvalue weighted by Crippen LogP contribution is 2.04. The average molecular weight is 311 g/mol. The van der Waals surface area contributed by atoms with Crippen molar-refractivity contribution < 1.29 is 4.84 Å². The molecule has 6 heteroatoms. The molecule has 0 saturated carbocycles. The van der Waals surface area contributed by atoms with Crippen LogP contribution in [0.2, 0.25) is 0 Å². The second kappa shape index (κ2) is 8.03. The third-order valence-corrected chi connectivity index (χ3v) is 3.21. The second-order valence-electron chi connectivity index (χ2n) is 5.21. The van der Waals surface area contributed by atoms with Crippen LogP contribution < -0.4 is 5.73 Å². The Balaban J connectivity index is 1.80. The highest BCUT2D eigenvalue weighted by Gasteiger charge is 2.02. The van der Waals surface area contributed by atoms with Crippen LogP contribution in [0, 0.1) is 12.3 Å². The van der Waals surface area contributed by atoms with Crippen LogP contribution in [-0.4, -0.2) is 28.1 Å². The van der Waals surface area contributed by atoms with E-state index in [1.807, 2.05) is 44.2 Å². The number of nitrogens with zero attached hydrogens (tertiary/aromatic N) is 3. The van der Waals surface area contributed by atoms with Crippen molar-refractivity contribution in [3.05, 3.63) is 59.2 Å². The summed E-state index contributed by atoms with van der Waals surface area (Å²) in [5.74, 6) is -0.0195. The third-order valence-electron chi connectivity index (χ3n) is 3.21. The molecule has 0 radical (unpaired) electrons. The van der Waals surface area contributed by atoms with Gasteiger partial charge in [-0.2, -0.15) is 0 Å². The van der Waals surface area contributed by atoms with Crippen LogP contribution in [-0.2, 0) is 11.3 Å². The third kappa shape index (κ3) is 5.18. The van der Waals surface area contributed by atoms with Crippen LogP contribution in [0.3, 0.4) is 0 Å². The Hall–Kier alpha value is -2.76. The first-order chi connectivity index (χ1) is 11.1. The summed E-state index contributed by atoms with van der Waals surface area (Å²) >= 11 is 0. The van der Waals surface area contributed by atoms with E-state index in [4.69, 9.17) is 16.0 Å². The molecular weight excluding hydrogens is 290 g/mol. The zero-order chi connectivity index (χ0) is 16.7. The molecule has 0 atom stereocenters. The molecule has 3 N–H and O–H groups in total. The van der Waals surface area contributed by atoms with Crippen molar-refractivity contribution in [1.29, 1.82) is 5.41 Å². The molecule has 0 unspecified atom stereocenters. The summed E-state index contributed by atoms with van der Waals surface area (Å²) in [5, 5.41) is 11.5. The van der Waals surface area contributed by atoms with Crippen LogP contribution >= 0.6 is 0 Å². The number of nitrogens with two attached hydrogens (primary N) is 1. The summed E-state index contributed by atoms with van der Waals surface area (Å²) in [5.41, 5.74) is 9.35. The van der Waals surface area contributed by atoms with Gasteiger partial charge < -0.3 is 10.6 Å². The van der Waals surface area contributed by atoms with Gasteiger partial charge in [-0.1, -0.05) is 17.3 Å². The first-order valence-electron chi connectivity index (χ1n) is 7.47. The summed E-state index contributed by atoms with van der Waals surface area (Å²) in [7, 11) is 0. The summed E-state index contributed by atoms with van der Waals surface area (Å²) in [4.78, 5) is 14.0. The van der Waals surface area contributed by atoms with Gasteiger partial charge in [-0.15, -0.1) is 0 Å². The molecule has 0 aromatic carbocycles. The second-order valence-corrected chi connectivity index (χ2v) is 5.21. The molecule has 0 aliphatic heterocycles. The van der Waals surface area contributed by atoms with E-state index in [0.29, 0.717) is 12.3 Å². The Kier molecular flexibility index (Phi) is 5.80. The van der Waals surface area contributed by atoms with Gasteiger partial charge in [0.25, 0.3) is 0 Å². The zero-order valence-corrected chi connectivity index (χ0v) is 13.4. The number of pyridine rings is 2. The van der Waals surface area contributed by atoms with Crippen molar-refractivity contribution >= 4 is 11.5 Å². The van der Waals surface area contributed by atoms with E-state index in [9.17, 15) is 0 Å². The number of rotatable bonds is 7. The van der Waals surface area contributed by atoms with Crippen LogP contribution in [0.1, 0.15) is 36.1 Å². The lowest BCUT2D eigenvalue weighted by atomic mass is 10.2. The summed E-state index contributed by atoms with van der Waals surface area (Å²) in [6.07, 6.45) is 1.53. The van der Waals surface area contributed by atoms with Gasteiger partial charge in [-0.05, 0) is 51.0 Å². The van der Waals surface area contributed by atoms with Gasteiger partial charge in [-0.25, -0.2) is 4.98 Å². The molecule has 0 saturated heterocycles. The maximum absolute atomic E-state index is 7.39. The van der Waals surface area contributed by atoms with Gasteiger partial charge >= 0.3 is 0 Å². The van der Waals surface area contributed by atoms with Crippen LogP contribution in [0.15, 0.2) is 41.6 Å². The van der Waals surface area contributed by atoms with Crippen molar-refractivity contribution in [2.45, 2.75) is 26.7 Å². The Morgan fingerprint density at radius 3 is 2.65 bits per heavy atom. The fourth-order valence-corrected chi connectivity index (χ4v) is 2.02. The van der Waals surface area contributed by atoms with Crippen molar-refractivity contribution in [3.8, 4) is 0 Å². The Labute approximate surface area is 135 Å². The lowest BCUT2D eigenvalue weighted by Crippen LogP contribution is -2.13. The fraction of sp³-hybridized carbons (Fsp3) is 0.294. The molecule has 0 bridgehead atoms. The maximum atomic E-state index is 7.39. The number of hydrogen-bond donors (Lipinski definition) is 2.